The van der Waals surface area contributed by atoms with Crippen molar-refractivity contribution in [2.45, 2.75) is 95.7 Å². The second-order valence-corrected chi connectivity index (χ2v) is 10.3. The Morgan fingerprint density at radius 3 is 1.93 bits per heavy atom. The molecule has 0 spiro atoms. The van der Waals surface area contributed by atoms with Crippen molar-refractivity contribution in [2.75, 3.05) is 6.61 Å². The van der Waals surface area contributed by atoms with E-state index in [1.165, 1.54) is 51.4 Å². The number of alkyl halides is 1. The van der Waals surface area contributed by atoms with Crippen LogP contribution in [0.4, 0.5) is 9.18 Å². The van der Waals surface area contributed by atoms with E-state index in [4.69, 9.17) is 4.74 Å². The number of nitrogens with one attached hydrogen (secondary N) is 1. The summed E-state index contributed by atoms with van der Waals surface area (Å²) in [6.45, 7) is 0.463. The van der Waals surface area contributed by atoms with Crippen LogP contribution in [0.2, 0.25) is 0 Å². The molecular weight excluding hydrogens is 385 g/mol. The molecule has 0 saturated heterocycles. The first kappa shape index (κ1) is 21.9. The Kier molecular flexibility index (Phi) is 7.20. The summed E-state index contributed by atoms with van der Waals surface area (Å²) in [4.78, 5) is 23.9. The maximum absolute atomic E-state index is 13.5. The lowest BCUT2D eigenvalue weighted by Gasteiger charge is -2.32. The first-order chi connectivity index (χ1) is 14.5. The number of alkyl carbamates (subject to hydrolysis) is 1. The maximum Gasteiger partial charge on any atom is 0.407 e. The van der Waals surface area contributed by atoms with Gasteiger partial charge in [0, 0.05) is 6.04 Å². The molecule has 5 unspecified atom stereocenters. The lowest BCUT2D eigenvalue weighted by Crippen LogP contribution is -2.44. The van der Waals surface area contributed by atoms with Gasteiger partial charge in [0.15, 0.2) is 0 Å². The number of halogens is 1. The van der Waals surface area contributed by atoms with Crippen molar-refractivity contribution in [2.24, 2.45) is 35.5 Å². The lowest BCUT2D eigenvalue weighted by molar-refractivity contribution is -0.137. The predicted octanol–water partition coefficient (Wildman–Crippen LogP) is 5.33. The summed E-state index contributed by atoms with van der Waals surface area (Å²) in [6, 6.07) is -0.476. The van der Waals surface area contributed by atoms with Gasteiger partial charge in [0.2, 0.25) is 0 Å². The molecule has 0 heterocycles. The van der Waals surface area contributed by atoms with E-state index in [1.807, 2.05) is 0 Å². The van der Waals surface area contributed by atoms with Crippen LogP contribution in [0.1, 0.15) is 83.5 Å². The number of carboxylic acids is 1. The number of ether oxygens (including phenoxy) is 1. The third kappa shape index (κ3) is 4.94. The molecule has 4 rings (SSSR count). The number of amides is 1. The average molecular weight is 424 g/mol. The molecule has 0 aromatic rings. The monoisotopic (exact) mass is 423 g/mol. The topological polar surface area (TPSA) is 75.6 Å². The zero-order valence-electron chi connectivity index (χ0n) is 18.1. The summed E-state index contributed by atoms with van der Waals surface area (Å²) in [7, 11) is 0. The second kappa shape index (κ2) is 9.86. The van der Waals surface area contributed by atoms with Gasteiger partial charge >= 0.3 is 12.1 Å². The normalized spacial score (nSPS) is 39.4. The van der Waals surface area contributed by atoms with E-state index in [0.717, 1.165) is 11.8 Å². The van der Waals surface area contributed by atoms with Crippen LogP contribution < -0.4 is 5.32 Å². The van der Waals surface area contributed by atoms with Gasteiger partial charge in [-0.05, 0) is 86.9 Å². The number of hydrogen-bond donors (Lipinski definition) is 2. The molecule has 0 radical (unpaired) electrons. The van der Waals surface area contributed by atoms with E-state index in [1.54, 1.807) is 0 Å². The third-order valence-corrected chi connectivity index (χ3v) is 8.77. The van der Waals surface area contributed by atoms with Crippen molar-refractivity contribution in [3.63, 3.8) is 0 Å². The van der Waals surface area contributed by atoms with Gasteiger partial charge in [0.25, 0.3) is 0 Å². The number of carbonyl (C=O) groups is 2. The van der Waals surface area contributed by atoms with Crippen molar-refractivity contribution < 1.29 is 23.8 Å². The zero-order valence-corrected chi connectivity index (χ0v) is 18.1. The average Bonchev–Trinajstić information content (AvgIpc) is 3.06. The van der Waals surface area contributed by atoms with Gasteiger partial charge in [-0.3, -0.25) is 4.79 Å². The van der Waals surface area contributed by atoms with Crippen molar-refractivity contribution >= 4 is 12.1 Å². The number of aliphatic carboxylic acids is 1. The van der Waals surface area contributed by atoms with E-state index in [0.29, 0.717) is 50.0 Å². The molecule has 0 aromatic heterocycles. The Hall–Kier alpha value is -1.33. The minimum absolute atomic E-state index is 0.0116. The SMILES string of the molecule is O=C(O)CC(NC(=O)OCC1C2CCCCC2C2CCCCC21)C1CCC(F)CC1. The molecule has 0 aliphatic heterocycles. The molecule has 5 nitrogen and oxygen atoms in total. The summed E-state index contributed by atoms with van der Waals surface area (Å²) >= 11 is 0. The molecular formula is C24H38FNO4. The Bertz CT molecular complexity index is 584. The number of rotatable bonds is 6. The maximum atomic E-state index is 13.5. The van der Waals surface area contributed by atoms with Gasteiger partial charge < -0.3 is 15.2 Å². The van der Waals surface area contributed by atoms with Gasteiger partial charge in [-0.25, -0.2) is 9.18 Å². The number of fused-ring (bicyclic) bond motifs is 3. The molecule has 30 heavy (non-hydrogen) atoms. The van der Waals surface area contributed by atoms with Crippen LogP contribution in [0.25, 0.3) is 0 Å². The van der Waals surface area contributed by atoms with Crippen LogP contribution >= 0.6 is 0 Å². The van der Waals surface area contributed by atoms with Gasteiger partial charge in [0.05, 0.1) is 13.0 Å². The second-order valence-electron chi connectivity index (χ2n) is 10.3. The zero-order chi connectivity index (χ0) is 21.1. The van der Waals surface area contributed by atoms with Crippen LogP contribution in [-0.2, 0) is 9.53 Å². The smallest absolute Gasteiger partial charge is 0.407 e. The number of carbonyl (C=O) groups excluding carboxylic acids is 1. The summed E-state index contributed by atoms with van der Waals surface area (Å²) in [5, 5.41) is 12.1. The summed E-state index contributed by atoms with van der Waals surface area (Å²) in [5.74, 6) is 2.55. The minimum atomic E-state index is -0.937. The van der Waals surface area contributed by atoms with E-state index in [2.05, 4.69) is 5.32 Å². The van der Waals surface area contributed by atoms with Crippen LogP contribution in [0.15, 0.2) is 0 Å². The standard InChI is InChI=1S/C24H38FNO4/c25-16-11-9-15(10-12-16)22(13-23(27)28)26-24(29)30-14-21-19-7-3-1-5-17(19)18-6-2-4-8-20(18)21/h15-22H,1-14H2,(H,26,29)(H,27,28). The van der Waals surface area contributed by atoms with Gasteiger partial charge in [-0.15, -0.1) is 0 Å². The molecule has 170 valence electrons. The molecule has 4 saturated carbocycles. The van der Waals surface area contributed by atoms with E-state index < -0.39 is 24.3 Å². The molecule has 1 amide bonds. The van der Waals surface area contributed by atoms with Gasteiger partial charge in [0.1, 0.15) is 6.17 Å². The highest BCUT2D eigenvalue weighted by molar-refractivity contribution is 5.71. The Labute approximate surface area is 179 Å². The van der Waals surface area contributed by atoms with Gasteiger partial charge in [-0.2, -0.15) is 0 Å². The van der Waals surface area contributed by atoms with E-state index in [9.17, 15) is 19.1 Å². The number of hydrogen-bond acceptors (Lipinski definition) is 3. The molecule has 4 fully saturated rings. The molecule has 2 N–H and O–H groups in total. The molecule has 6 heteroatoms. The van der Waals surface area contributed by atoms with Crippen molar-refractivity contribution in [3.05, 3.63) is 0 Å². The third-order valence-electron chi connectivity index (χ3n) is 8.77. The van der Waals surface area contributed by atoms with Crippen molar-refractivity contribution in [1.82, 2.24) is 5.32 Å². The van der Waals surface area contributed by atoms with Gasteiger partial charge in [-0.1, -0.05) is 25.7 Å². The first-order valence-electron chi connectivity index (χ1n) is 12.3. The van der Waals surface area contributed by atoms with Crippen molar-refractivity contribution in [3.8, 4) is 0 Å². The predicted molar refractivity (Wildman–Crippen MR) is 112 cm³/mol. The van der Waals surface area contributed by atoms with Crippen molar-refractivity contribution in [1.29, 1.82) is 0 Å². The van der Waals surface area contributed by atoms with Crippen LogP contribution in [0, 0.1) is 35.5 Å². The summed E-state index contributed by atoms with van der Waals surface area (Å²) in [6.07, 6.45) is 11.2. The van der Waals surface area contributed by atoms with Crippen LogP contribution in [0.5, 0.6) is 0 Å². The Balaban J connectivity index is 1.33. The highest BCUT2D eigenvalue weighted by Crippen LogP contribution is 2.57. The quantitative estimate of drug-likeness (QED) is 0.606. The minimum Gasteiger partial charge on any atom is -0.481 e. The Morgan fingerprint density at radius 1 is 0.867 bits per heavy atom. The fourth-order valence-corrected chi connectivity index (χ4v) is 7.44. The fourth-order valence-electron chi connectivity index (χ4n) is 7.44. The van der Waals surface area contributed by atoms with E-state index in [-0.39, 0.29) is 12.3 Å². The largest absolute Gasteiger partial charge is 0.481 e. The number of carboxylic acid groups (broad SMARTS) is 1. The molecule has 4 aliphatic carbocycles. The lowest BCUT2D eigenvalue weighted by atomic mass is 9.73. The first-order valence-corrected chi connectivity index (χ1v) is 12.3. The summed E-state index contributed by atoms with van der Waals surface area (Å²) < 4.78 is 19.2. The molecule has 0 aromatic carbocycles. The fraction of sp³-hybridized carbons (Fsp3) is 0.917. The molecule has 4 aliphatic rings. The molecule has 5 atom stereocenters. The Morgan fingerprint density at radius 2 is 1.40 bits per heavy atom. The highest BCUT2D eigenvalue weighted by Gasteiger charge is 2.51. The van der Waals surface area contributed by atoms with Crippen LogP contribution in [-0.4, -0.2) is 36.0 Å². The summed E-state index contributed by atoms with van der Waals surface area (Å²) in [5.41, 5.74) is 0. The molecule has 0 bridgehead atoms. The van der Waals surface area contributed by atoms with E-state index >= 15 is 0 Å². The highest BCUT2D eigenvalue weighted by atomic mass is 19.1. The van der Waals surface area contributed by atoms with Crippen LogP contribution in [0.3, 0.4) is 0 Å².